The molecule has 13 heavy (non-hydrogen) atoms. The molecule has 1 heterocycles. The summed E-state index contributed by atoms with van der Waals surface area (Å²) < 4.78 is 4.50. The minimum absolute atomic E-state index is 0.719. The molecule has 0 saturated carbocycles. The zero-order chi connectivity index (χ0) is 10.2. The van der Waals surface area contributed by atoms with Crippen LogP contribution in [0.4, 0.5) is 0 Å². The molecule has 0 radical (unpaired) electrons. The Labute approximate surface area is 135 Å². The monoisotopic (exact) mass is 630 g/mol. The molecule has 0 bridgehead atoms. The summed E-state index contributed by atoms with van der Waals surface area (Å²) in [4.78, 5) is 0. The lowest BCUT2D eigenvalue weighted by molar-refractivity contribution is -0.698. The van der Waals surface area contributed by atoms with Crippen molar-refractivity contribution in [2.75, 3.05) is 11.5 Å². The summed E-state index contributed by atoms with van der Waals surface area (Å²) in [6, 6.07) is 0. The first kappa shape index (κ1) is 13.7. The van der Waals surface area contributed by atoms with Crippen LogP contribution in [0.5, 0.6) is 0 Å². The van der Waals surface area contributed by atoms with E-state index >= 15 is 0 Å². The third-order valence-electron chi connectivity index (χ3n) is 2.44. The lowest BCUT2D eigenvalue weighted by Gasteiger charge is -2.39. The highest BCUT2D eigenvalue weighted by molar-refractivity contribution is 14.1. The number of halogens is 4. The Morgan fingerprint density at radius 3 is 2.54 bits per heavy atom. The van der Waals surface area contributed by atoms with E-state index in [0.717, 1.165) is 17.1 Å². The average Bonchev–Trinajstić information content (AvgIpc) is 2.02. The van der Waals surface area contributed by atoms with E-state index in [0.29, 0.717) is 0 Å². The van der Waals surface area contributed by atoms with Crippen molar-refractivity contribution in [3.63, 3.8) is 0 Å². The molecule has 0 saturated heterocycles. The molecule has 0 aromatic heterocycles. The van der Waals surface area contributed by atoms with Crippen molar-refractivity contribution in [3.05, 3.63) is 9.28 Å². The van der Waals surface area contributed by atoms with Crippen LogP contribution in [0.2, 0.25) is 0 Å². The summed E-state index contributed by atoms with van der Waals surface area (Å²) >= 11 is 10.2. The molecule has 1 rings (SSSR count). The fourth-order valence-electron chi connectivity index (χ4n) is 1.44. The molecule has 0 amide bonds. The van der Waals surface area contributed by atoms with Crippen molar-refractivity contribution >= 4 is 90.6 Å². The largest absolute Gasteiger partial charge is 0.255 e. The Balaban J connectivity index is 3.11. The molecule has 0 N–H and O–H groups in total. The zero-order valence-corrected chi connectivity index (χ0v) is 16.2. The molecule has 0 spiro atoms. The van der Waals surface area contributed by atoms with Crippen molar-refractivity contribution in [1.82, 2.24) is 0 Å². The number of alkyl halides is 2. The minimum atomic E-state index is 0.719. The van der Waals surface area contributed by atoms with Gasteiger partial charge in [0.15, 0.2) is 4.05 Å². The highest BCUT2D eigenvalue weighted by Crippen LogP contribution is 2.45. The first-order valence-corrected chi connectivity index (χ1v) is 8.87. The van der Waals surface area contributed by atoms with Gasteiger partial charge in [0.05, 0.1) is 15.1 Å². The van der Waals surface area contributed by atoms with Gasteiger partial charge in [-0.1, -0.05) is 29.5 Å². The van der Waals surface area contributed by atoms with Crippen LogP contribution in [0.1, 0.15) is 13.3 Å². The highest BCUT2D eigenvalue weighted by Gasteiger charge is 2.41. The summed E-state index contributed by atoms with van der Waals surface area (Å²) in [6.45, 7) is 2.34. The fourth-order valence-corrected chi connectivity index (χ4v) is 7.10. The van der Waals surface area contributed by atoms with Crippen molar-refractivity contribution < 1.29 is 2.70 Å². The van der Waals surface area contributed by atoms with Gasteiger partial charge in [-0.3, -0.25) is 0 Å². The van der Waals surface area contributed by atoms with Gasteiger partial charge in [-0.15, -0.1) is 0 Å². The molecular formula is C8H12I4N+. The predicted octanol–water partition coefficient (Wildman–Crippen LogP) is 4.67. The van der Waals surface area contributed by atoms with E-state index in [9.17, 15) is 0 Å². The third kappa shape index (κ3) is 2.84. The molecule has 0 fully saturated rings. The van der Waals surface area contributed by atoms with E-state index in [2.05, 4.69) is 105 Å². The molecular weight excluding hydrogens is 618 g/mol. The maximum absolute atomic E-state index is 2.59. The van der Waals surface area contributed by atoms with E-state index in [1.54, 1.807) is 9.28 Å². The molecule has 1 nitrogen and oxygen atoms in total. The second kappa shape index (κ2) is 5.30. The van der Waals surface area contributed by atoms with Crippen LogP contribution in [0, 0.1) is 5.92 Å². The van der Waals surface area contributed by atoms with Crippen LogP contribution < -0.4 is 0 Å². The Hall–Kier alpha value is 2.62. The molecule has 5 heteroatoms. The van der Waals surface area contributed by atoms with Crippen LogP contribution in [0.25, 0.3) is 0 Å². The molecule has 1 aliphatic heterocycles. The smallest absolute Gasteiger partial charge is 0.229 e. The van der Waals surface area contributed by atoms with Crippen molar-refractivity contribution in [3.8, 4) is 0 Å². The van der Waals surface area contributed by atoms with Crippen LogP contribution in [-0.4, -0.2) is 18.2 Å². The molecule has 0 aromatic rings. The van der Waals surface area contributed by atoms with Crippen LogP contribution in [0.3, 0.4) is 0 Å². The number of rotatable bonds is 1. The average molecular weight is 630 g/mol. The zero-order valence-electron chi connectivity index (χ0n) is 7.53. The number of hydrogen-bond donors (Lipinski definition) is 0. The first-order valence-electron chi connectivity index (χ1n) is 4.06. The van der Waals surface area contributed by atoms with Gasteiger partial charge in [-0.05, 0) is 51.1 Å². The number of hydrogen-bond acceptors (Lipinski definition) is 0. The molecule has 3 unspecified atom stereocenters. The van der Waals surface area contributed by atoms with Crippen LogP contribution in [-0.2, 0) is 0 Å². The molecule has 0 aliphatic carbocycles. The summed E-state index contributed by atoms with van der Waals surface area (Å²) in [7, 11) is 2.32. The van der Waals surface area contributed by atoms with E-state index in [-0.39, 0.29) is 0 Å². The summed E-state index contributed by atoms with van der Waals surface area (Å²) in [5.74, 6) is 0.758. The lowest BCUT2D eigenvalue weighted by Crippen LogP contribution is -2.44. The van der Waals surface area contributed by atoms with Crippen molar-refractivity contribution in [1.29, 1.82) is 0 Å². The van der Waals surface area contributed by atoms with Crippen LogP contribution in [0.15, 0.2) is 9.28 Å². The normalized spacial score (nSPS) is 41.1. The lowest BCUT2D eigenvalue weighted by atomic mass is 10.0. The maximum Gasteiger partial charge on any atom is 0.255 e. The topological polar surface area (TPSA) is 0 Å². The van der Waals surface area contributed by atoms with Gasteiger partial charge in [0.25, 0.3) is 22.9 Å². The number of nitrogens with zero attached hydrogens (tertiary/aromatic N) is 1. The molecule has 1 aliphatic rings. The van der Waals surface area contributed by atoms with E-state index in [1.807, 2.05) is 0 Å². The summed E-state index contributed by atoms with van der Waals surface area (Å²) in [5.41, 5.74) is 1.60. The Bertz CT molecular complexity index is 236. The number of allylic oxidation sites excluding steroid dienone is 2. The standard InChI is InChI=1S/C8H12I4N/c1-5-3-7(10)13(2,12)6(4-9)8(5)11/h5,7H,3-4H2,1-2H3/q+1. The second-order valence-corrected chi connectivity index (χ2v) is 8.83. The quantitative estimate of drug-likeness (QED) is 0.171. The summed E-state index contributed by atoms with van der Waals surface area (Å²) in [6.07, 6.45) is 1.30. The third-order valence-corrected chi connectivity index (χ3v) is 8.79. The van der Waals surface area contributed by atoms with Gasteiger partial charge in [0.2, 0.25) is 0 Å². The molecule has 76 valence electrons. The SMILES string of the molecule is CC1CC(I)[N+](C)(I)C(CI)=C1I. The Morgan fingerprint density at radius 1 is 1.54 bits per heavy atom. The maximum atomic E-state index is 2.59. The first-order chi connectivity index (χ1) is 5.91. The van der Waals surface area contributed by atoms with Crippen molar-refractivity contribution in [2.24, 2.45) is 5.92 Å². The van der Waals surface area contributed by atoms with Gasteiger partial charge in [0, 0.05) is 6.42 Å². The van der Waals surface area contributed by atoms with Gasteiger partial charge in [-0.25, -0.2) is 2.70 Å². The Morgan fingerprint density at radius 2 is 2.08 bits per heavy atom. The van der Waals surface area contributed by atoms with E-state index < -0.39 is 0 Å². The minimum Gasteiger partial charge on any atom is -0.229 e. The van der Waals surface area contributed by atoms with Gasteiger partial charge in [0.1, 0.15) is 5.70 Å². The van der Waals surface area contributed by atoms with Crippen LogP contribution >= 0.6 is 90.6 Å². The van der Waals surface area contributed by atoms with Gasteiger partial charge in [-0.2, -0.15) is 0 Å². The van der Waals surface area contributed by atoms with Gasteiger partial charge >= 0.3 is 0 Å². The highest BCUT2D eigenvalue weighted by atomic mass is 127. The van der Waals surface area contributed by atoms with E-state index in [1.165, 1.54) is 6.42 Å². The summed E-state index contributed by atoms with van der Waals surface area (Å²) in [5, 5.41) is 0. The van der Waals surface area contributed by atoms with Gasteiger partial charge < -0.3 is 0 Å². The second-order valence-electron chi connectivity index (χ2n) is 3.46. The van der Waals surface area contributed by atoms with Crippen molar-refractivity contribution in [2.45, 2.75) is 17.4 Å². The fraction of sp³-hybridized carbons (Fsp3) is 0.750. The molecule has 3 atom stereocenters. The number of quaternary nitrogens is 1. The predicted molar refractivity (Wildman–Crippen MR) is 91.7 cm³/mol. The Kier molecular flexibility index (Phi) is 5.58. The van der Waals surface area contributed by atoms with E-state index in [4.69, 9.17) is 0 Å². The molecule has 0 aromatic carbocycles.